The zero-order chi connectivity index (χ0) is 19.9. The van der Waals surface area contributed by atoms with Crippen molar-refractivity contribution in [3.05, 3.63) is 35.1 Å². The summed E-state index contributed by atoms with van der Waals surface area (Å²) >= 11 is 0. The van der Waals surface area contributed by atoms with Crippen LogP contribution in [0.2, 0.25) is 0 Å². The Hall–Kier alpha value is -1.86. The molecule has 1 aromatic carbocycles. The van der Waals surface area contributed by atoms with Gasteiger partial charge in [-0.25, -0.2) is 8.42 Å². The highest BCUT2D eigenvalue weighted by molar-refractivity contribution is 7.91. The zero-order valence-corrected chi connectivity index (χ0v) is 17.3. The predicted octanol–water partition coefficient (Wildman–Crippen LogP) is 2.79. The van der Waals surface area contributed by atoms with Crippen molar-refractivity contribution < 1.29 is 22.4 Å². The molecule has 0 radical (unpaired) electrons. The molecule has 3 heterocycles. The van der Waals surface area contributed by atoms with Gasteiger partial charge in [-0.3, -0.25) is 4.79 Å². The van der Waals surface area contributed by atoms with Crippen molar-refractivity contribution in [2.75, 3.05) is 24.7 Å². The average molecular weight is 406 g/mol. The first kappa shape index (κ1) is 19.5. The molecule has 2 saturated heterocycles. The molecule has 2 atom stereocenters. The van der Waals surface area contributed by atoms with Gasteiger partial charge in [0.2, 0.25) is 5.91 Å². The zero-order valence-electron chi connectivity index (χ0n) is 16.4. The van der Waals surface area contributed by atoms with Gasteiger partial charge in [-0.05, 0) is 44.2 Å². The first-order chi connectivity index (χ1) is 13.3. The largest absolute Gasteiger partial charge is 0.464 e. The summed E-state index contributed by atoms with van der Waals surface area (Å²) in [5, 5.41) is 0.951. The Morgan fingerprint density at radius 2 is 2.07 bits per heavy atom. The second-order valence-electron chi connectivity index (χ2n) is 8.06. The fraction of sp³-hybridized carbons (Fsp3) is 0.571. The molecule has 2 aliphatic rings. The molecule has 4 rings (SSSR count). The topological polar surface area (TPSA) is 76.8 Å². The third-order valence-electron chi connectivity index (χ3n) is 6.08. The normalized spacial score (nSPS) is 24.1. The van der Waals surface area contributed by atoms with Gasteiger partial charge in [-0.15, -0.1) is 0 Å². The fourth-order valence-electron chi connectivity index (χ4n) is 4.27. The van der Waals surface area contributed by atoms with E-state index in [9.17, 15) is 13.2 Å². The molecule has 0 spiro atoms. The van der Waals surface area contributed by atoms with E-state index in [0.717, 1.165) is 40.5 Å². The highest BCUT2D eigenvalue weighted by Crippen LogP contribution is 2.28. The SMILES string of the molecule is Cc1ccc2c(CC(=O)N(C[C@@H]3CCCO3)[C@H]3CCS(=O)(=O)C3)coc2c1C. The molecule has 2 aromatic rings. The summed E-state index contributed by atoms with van der Waals surface area (Å²) in [5.74, 6) is 0.147. The Balaban J connectivity index is 1.57. The third kappa shape index (κ3) is 3.82. The Kier molecular flexibility index (Phi) is 5.22. The molecule has 2 fully saturated rings. The van der Waals surface area contributed by atoms with Crippen LogP contribution in [0.25, 0.3) is 11.0 Å². The van der Waals surface area contributed by atoms with Gasteiger partial charge in [0.1, 0.15) is 5.58 Å². The molecule has 0 bridgehead atoms. The van der Waals surface area contributed by atoms with Crippen molar-refractivity contribution in [1.82, 2.24) is 4.90 Å². The van der Waals surface area contributed by atoms with Crippen LogP contribution in [-0.2, 0) is 25.8 Å². The molecule has 1 amide bonds. The van der Waals surface area contributed by atoms with E-state index in [-0.39, 0.29) is 36.0 Å². The lowest BCUT2D eigenvalue weighted by atomic mass is 10.0. The number of fused-ring (bicyclic) bond motifs is 1. The van der Waals surface area contributed by atoms with E-state index in [4.69, 9.17) is 9.15 Å². The highest BCUT2D eigenvalue weighted by Gasteiger charge is 2.36. The van der Waals surface area contributed by atoms with Gasteiger partial charge < -0.3 is 14.1 Å². The number of furan rings is 1. The minimum absolute atomic E-state index is 0.00163. The minimum atomic E-state index is -3.07. The van der Waals surface area contributed by atoms with Crippen LogP contribution in [0, 0.1) is 13.8 Å². The molecular formula is C21H27NO5S. The van der Waals surface area contributed by atoms with E-state index in [1.807, 2.05) is 26.0 Å². The van der Waals surface area contributed by atoms with Crippen LogP contribution in [0.4, 0.5) is 0 Å². The molecule has 2 aliphatic heterocycles. The van der Waals surface area contributed by atoms with E-state index in [1.54, 1.807) is 11.2 Å². The predicted molar refractivity (Wildman–Crippen MR) is 107 cm³/mol. The number of carbonyl (C=O) groups is 1. The minimum Gasteiger partial charge on any atom is -0.464 e. The quantitative estimate of drug-likeness (QED) is 0.764. The maximum Gasteiger partial charge on any atom is 0.227 e. The molecule has 0 unspecified atom stereocenters. The van der Waals surface area contributed by atoms with E-state index in [1.165, 1.54) is 0 Å². The van der Waals surface area contributed by atoms with Crippen LogP contribution in [0.1, 0.15) is 36.0 Å². The number of nitrogens with zero attached hydrogens (tertiary/aromatic N) is 1. The van der Waals surface area contributed by atoms with Gasteiger partial charge in [0.05, 0.1) is 30.3 Å². The van der Waals surface area contributed by atoms with E-state index in [2.05, 4.69) is 0 Å². The van der Waals surface area contributed by atoms with Crippen LogP contribution >= 0.6 is 0 Å². The lowest BCUT2D eigenvalue weighted by Crippen LogP contribution is -2.45. The van der Waals surface area contributed by atoms with Gasteiger partial charge >= 0.3 is 0 Å². The molecule has 0 saturated carbocycles. The Morgan fingerprint density at radius 1 is 1.25 bits per heavy atom. The maximum absolute atomic E-state index is 13.2. The Labute approximate surface area is 165 Å². The standard InChI is InChI=1S/C21H27NO5S/c1-14-5-6-19-16(12-27-21(19)15(14)2)10-20(23)22(11-18-4-3-8-26-18)17-7-9-28(24,25)13-17/h5-6,12,17-18H,3-4,7-11,13H2,1-2H3/t17-,18-/m0/s1. The fourth-order valence-corrected chi connectivity index (χ4v) is 6.00. The highest BCUT2D eigenvalue weighted by atomic mass is 32.2. The van der Waals surface area contributed by atoms with E-state index >= 15 is 0 Å². The molecular weight excluding hydrogens is 378 g/mol. The van der Waals surface area contributed by atoms with Crippen LogP contribution in [-0.4, -0.2) is 56.0 Å². The maximum atomic E-state index is 13.2. The number of hydrogen-bond donors (Lipinski definition) is 0. The summed E-state index contributed by atoms with van der Waals surface area (Å²) in [6.07, 6.45) is 4.27. The smallest absolute Gasteiger partial charge is 0.227 e. The van der Waals surface area contributed by atoms with Crippen molar-refractivity contribution in [1.29, 1.82) is 0 Å². The number of hydrogen-bond acceptors (Lipinski definition) is 5. The van der Waals surface area contributed by atoms with Gasteiger partial charge in [0, 0.05) is 30.1 Å². The number of carbonyl (C=O) groups excluding carboxylic acids is 1. The molecule has 152 valence electrons. The molecule has 7 heteroatoms. The van der Waals surface area contributed by atoms with Crippen molar-refractivity contribution in [2.45, 2.75) is 51.7 Å². The summed E-state index contributed by atoms with van der Waals surface area (Å²) < 4.78 is 35.4. The van der Waals surface area contributed by atoms with Crippen LogP contribution in [0.15, 0.2) is 22.8 Å². The molecule has 6 nitrogen and oxygen atoms in total. The van der Waals surface area contributed by atoms with Gasteiger partial charge in [-0.2, -0.15) is 0 Å². The van der Waals surface area contributed by atoms with Crippen LogP contribution in [0.3, 0.4) is 0 Å². The Morgan fingerprint density at radius 3 is 2.75 bits per heavy atom. The van der Waals surface area contributed by atoms with E-state index in [0.29, 0.717) is 19.6 Å². The van der Waals surface area contributed by atoms with E-state index < -0.39 is 9.84 Å². The summed E-state index contributed by atoms with van der Waals surface area (Å²) in [7, 11) is -3.07. The van der Waals surface area contributed by atoms with Crippen molar-refractivity contribution in [2.24, 2.45) is 0 Å². The average Bonchev–Trinajstić information content (AvgIpc) is 3.37. The summed E-state index contributed by atoms with van der Waals surface area (Å²) in [6, 6.07) is 3.77. The number of aryl methyl sites for hydroxylation is 2. The van der Waals surface area contributed by atoms with Gasteiger partial charge in [0.25, 0.3) is 0 Å². The third-order valence-corrected chi connectivity index (χ3v) is 7.83. The van der Waals surface area contributed by atoms with Crippen molar-refractivity contribution >= 4 is 26.7 Å². The lowest BCUT2D eigenvalue weighted by molar-refractivity contribution is -0.134. The monoisotopic (exact) mass is 405 g/mol. The second-order valence-corrected chi connectivity index (χ2v) is 10.3. The summed E-state index contributed by atoms with van der Waals surface area (Å²) in [6.45, 7) is 5.22. The number of rotatable bonds is 5. The first-order valence-corrected chi connectivity index (χ1v) is 11.7. The van der Waals surface area contributed by atoms with Crippen molar-refractivity contribution in [3.63, 3.8) is 0 Å². The number of amides is 1. The van der Waals surface area contributed by atoms with Crippen molar-refractivity contribution in [3.8, 4) is 0 Å². The second kappa shape index (κ2) is 7.52. The summed E-state index contributed by atoms with van der Waals surface area (Å²) in [4.78, 5) is 15.0. The number of sulfone groups is 1. The van der Waals surface area contributed by atoms with Gasteiger partial charge in [-0.1, -0.05) is 12.1 Å². The lowest BCUT2D eigenvalue weighted by Gasteiger charge is -2.30. The van der Waals surface area contributed by atoms with Crippen LogP contribution < -0.4 is 0 Å². The molecule has 1 aromatic heterocycles. The number of benzene rings is 1. The molecule has 28 heavy (non-hydrogen) atoms. The first-order valence-electron chi connectivity index (χ1n) is 9.92. The van der Waals surface area contributed by atoms with Gasteiger partial charge in [0.15, 0.2) is 9.84 Å². The number of ether oxygens (including phenoxy) is 1. The molecule has 0 aliphatic carbocycles. The van der Waals surface area contributed by atoms with Crippen LogP contribution in [0.5, 0.6) is 0 Å². The molecule has 0 N–H and O–H groups in total. The summed E-state index contributed by atoms with van der Waals surface area (Å²) in [5.41, 5.74) is 3.89. The Bertz CT molecular complexity index is 988.